The van der Waals surface area contributed by atoms with Gasteiger partial charge in [0, 0.05) is 18.7 Å². The van der Waals surface area contributed by atoms with Crippen molar-refractivity contribution in [3.05, 3.63) is 23.8 Å². The second kappa shape index (κ2) is 7.44. The lowest BCUT2D eigenvalue weighted by Gasteiger charge is -2.32. The Morgan fingerprint density at radius 3 is 2.67 bits per heavy atom. The van der Waals surface area contributed by atoms with Crippen LogP contribution in [0.1, 0.15) is 24.2 Å². The Labute approximate surface area is 141 Å². The SMILES string of the molecule is CC(=O)c1ccc2c(c1)N(CC(=O)NCCN(C)C)C(=O)C(C)O2. The fourth-order valence-corrected chi connectivity index (χ4v) is 2.41. The summed E-state index contributed by atoms with van der Waals surface area (Å²) in [5, 5.41) is 2.78. The average molecular weight is 333 g/mol. The fraction of sp³-hybridized carbons (Fsp3) is 0.471. The average Bonchev–Trinajstić information content (AvgIpc) is 2.51. The van der Waals surface area contributed by atoms with Crippen molar-refractivity contribution in [2.45, 2.75) is 20.0 Å². The predicted octanol–water partition coefficient (Wildman–Crippen LogP) is 0.681. The first-order valence-corrected chi connectivity index (χ1v) is 7.84. The monoisotopic (exact) mass is 333 g/mol. The quantitative estimate of drug-likeness (QED) is 0.775. The van der Waals surface area contributed by atoms with Gasteiger partial charge in [-0.15, -0.1) is 0 Å². The van der Waals surface area contributed by atoms with E-state index in [-0.39, 0.29) is 24.1 Å². The lowest BCUT2D eigenvalue weighted by Crippen LogP contribution is -2.49. The van der Waals surface area contributed by atoms with Gasteiger partial charge in [-0.05, 0) is 46.1 Å². The van der Waals surface area contributed by atoms with E-state index in [0.29, 0.717) is 30.1 Å². The van der Waals surface area contributed by atoms with E-state index >= 15 is 0 Å². The summed E-state index contributed by atoms with van der Waals surface area (Å²) in [5.74, 6) is -0.170. The van der Waals surface area contributed by atoms with Gasteiger partial charge in [0.1, 0.15) is 12.3 Å². The van der Waals surface area contributed by atoms with Crippen molar-refractivity contribution in [2.75, 3.05) is 38.6 Å². The second-order valence-electron chi connectivity index (χ2n) is 6.08. The van der Waals surface area contributed by atoms with Crippen molar-refractivity contribution in [1.29, 1.82) is 0 Å². The summed E-state index contributed by atoms with van der Waals surface area (Å²) in [7, 11) is 3.83. The largest absolute Gasteiger partial charge is 0.479 e. The van der Waals surface area contributed by atoms with Crippen molar-refractivity contribution in [1.82, 2.24) is 10.2 Å². The molecule has 0 radical (unpaired) electrons. The Balaban J connectivity index is 2.19. The zero-order chi connectivity index (χ0) is 17.9. The topological polar surface area (TPSA) is 79.0 Å². The molecule has 24 heavy (non-hydrogen) atoms. The maximum atomic E-state index is 12.4. The van der Waals surface area contributed by atoms with Crippen LogP contribution in [0.15, 0.2) is 18.2 Å². The Morgan fingerprint density at radius 2 is 2.04 bits per heavy atom. The minimum atomic E-state index is -0.671. The number of hydrogen-bond donors (Lipinski definition) is 1. The first-order valence-electron chi connectivity index (χ1n) is 7.84. The third-order valence-corrected chi connectivity index (χ3v) is 3.76. The molecule has 0 saturated carbocycles. The normalized spacial score (nSPS) is 16.6. The molecular weight excluding hydrogens is 310 g/mol. The molecule has 7 nitrogen and oxygen atoms in total. The highest BCUT2D eigenvalue weighted by atomic mass is 16.5. The van der Waals surface area contributed by atoms with Gasteiger partial charge in [-0.3, -0.25) is 19.3 Å². The highest BCUT2D eigenvalue weighted by molar-refractivity contribution is 6.05. The van der Waals surface area contributed by atoms with Crippen molar-refractivity contribution < 1.29 is 19.1 Å². The summed E-state index contributed by atoms with van der Waals surface area (Å²) in [6.45, 7) is 4.20. The summed E-state index contributed by atoms with van der Waals surface area (Å²) in [4.78, 5) is 39.5. The van der Waals surface area contributed by atoms with Gasteiger partial charge in [0.15, 0.2) is 11.9 Å². The maximum absolute atomic E-state index is 12.4. The van der Waals surface area contributed by atoms with Gasteiger partial charge in [-0.25, -0.2) is 0 Å². The van der Waals surface area contributed by atoms with Crippen LogP contribution in [0.5, 0.6) is 5.75 Å². The van der Waals surface area contributed by atoms with E-state index < -0.39 is 6.10 Å². The molecule has 130 valence electrons. The number of likely N-dealkylation sites (N-methyl/N-ethyl adjacent to an activating group) is 1. The summed E-state index contributed by atoms with van der Waals surface area (Å²) in [6, 6.07) is 4.90. The van der Waals surface area contributed by atoms with Crippen LogP contribution in [0.2, 0.25) is 0 Å². The second-order valence-corrected chi connectivity index (χ2v) is 6.08. The number of benzene rings is 1. The van der Waals surface area contributed by atoms with E-state index in [1.54, 1.807) is 25.1 Å². The molecule has 1 N–H and O–H groups in total. The van der Waals surface area contributed by atoms with Crippen molar-refractivity contribution in [2.24, 2.45) is 0 Å². The third-order valence-electron chi connectivity index (χ3n) is 3.76. The van der Waals surface area contributed by atoms with E-state index in [2.05, 4.69) is 5.32 Å². The first-order chi connectivity index (χ1) is 11.3. The van der Waals surface area contributed by atoms with E-state index in [0.717, 1.165) is 0 Å². The van der Waals surface area contributed by atoms with Crippen LogP contribution < -0.4 is 15.0 Å². The summed E-state index contributed by atoms with van der Waals surface area (Å²) >= 11 is 0. The first kappa shape index (κ1) is 17.9. The zero-order valence-corrected chi connectivity index (χ0v) is 14.5. The third kappa shape index (κ3) is 4.11. The Kier molecular flexibility index (Phi) is 5.56. The summed E-state index contributed by atoms with van der Waals surface area (Å²) < 4.78 is 5.56. The molecule has 0 fully saturated rings. The van der Waals surface area contributed by atoms with Gasteiger partial charge in [0.05, 0.1) is 5.69 Å². The number of hydrogen-bond acceptors (Lipinski definition) is 5. The number of nitrogens with zero attached hydrogens (tertiary/aromatic N) is 2. The molecule has 1 aliphatic heterocycles. The van der Waals surface area contributed by atoms with Crippen molar-refractivity contribution in [3.8, 4) is 5.75 Å². The van der Waals surface area contributed by atoms with Crippen LogP contribution >= 0.6 is 0 Å². The van der Waals surface area contributed by atoms with E-state index in [4.69, 9.17) is 4.74 Å². The molecular formula is C17H23N3O4. The molecule has 1 unspecified atom stereocenters. The number of Topliss-reactive ketones (excluding diaryl/α,β-unsaturated/α-hetero) is 1. The van der Waals surface area contributed by atoms with Crippen molar-refractivity contribution in [3.63, 3.8) is 0 Å². The van der Waals surface area contributed by atoms with Crippen LogP contribution in [0.25, 0.3) is 0 Å². The van der Waals surface area contributed by atoms with Gasteiger partial charge >= 0.3 is 0 Å². The number of ether oxygens (including phenoxy) is 1. The van der Waals surface area contributed by atoms with Crippen LogP contribution in [0, 0.1) is 0 Å². The molecule has 1 atom stereocenters. The fourth-order valence-electron chi connectivity index (χ4n) is 2.41. The van der Waals surface area contributed by atoms with Gasteiger partial charge in [-0.1, -0.05) is 0 Å². The van der Waals surface area contributed by atoms with Gasteiger partial charge in [0.25, 0.3) is 5.91 Å². The number of nitrogens with one attached hydrogen (secondary N) is 1. The predicted molar refractivity (Wildman–Crippen MR) is 90.5 cm³/mol. The number of ketones is 1. The highest BCUT2D eigenvalue weighted by Gasteiger charge is 2.33. The van der Waals surface area contributed by atoms with E-state index in [1.165, 1.54) is 11.8 Å². The maximum Gasteiger partial charge on any atom is 0.268 e. The van der Waals surface area contributed by atoms with Gasteiger partial charge in [-0.2, -0.15) is 0 Å². The number of fused-ring (bicyclic) bond motifs is 1. The van der Waals surface area contributed by atoms with Crippen LogP contribution in [0.3, 0.4) is 0 Å². The molecule has 1 aliphatic rings. The number of carbonyl (C=O) groups is 3. The minimum Gasteiger partial charge on any atom is -0.479 e. The zero-order valence-electron chi connectivity index (χ0n) is 14.5. The Bertz CT molecular complexity index is 657. The molecule has 2 amide bonds. The number of amides is 2. The minimum absolute atomic E-state index is 0.103. The number of carbonyl (C=O) groups excluding carboxylic acids is 3. The standard InChI is InChI=1S/C17H23N3O4/c1-11(21)13-5-6-15-14(9-13)20(17(23)12(2)24-15)10-16(22)18-7-8-19(3)4/h5-6,9,12H,7-8,10H2,1-4H3,(H,18,22). The molecule has 2 rings (SSSR count). The number of rotatable bonds is 6. The molecule has 0 spiro atoms. The van der Waals surface area contributed by atoms with Crippen LogP contribution in [-0.4, -0.2) is 62.3 Å². The molecule has 0 saturated heterocycles. The Hall–Kier alpha value is -2.41. The molecule has 1 aromatic rings. The molecule has 0 bridgehead atoms. The van der Waals surface area contributed by atoms with Crippen LogP contribution in [0.4, 0.5) is 5.69 Å². The number of anilines is 1. The Morgan fingerprint density at radius 1 is 1.33 bits per heavy atom. The molecule has 7 heteroatoms. The summed E-state index contributed by atoms with van der Waals surface area (Å²) in [5.41, 5.74) is 0.922. The van der Waals surface area contributed by atoms with Gasteiger partial charge < -0.3 is 15.0 Å². The molecule has 1 heterocycles. The smallest absolute Gasteiger partial charge is 0.268 e. The molecule has 0 aromatic heterocycles. The lowest BCUT2D eigenvalue weighted by molar-refractivity contribution is -0.128. The van der Waals surface area contributed by atoms with Crippen molar-refractivity contribution >= 4 is 23.3 Å². The highest BCUT2D eigenvalue weighted by Crippen LogP contribution is 2.34. The van der Waals surface area contributed by atoms with E-state index in [9.17, 15) is 14.4 Å². The van der Waals surface area contributed by atoms with Gasteiger partial charge in [0.2, 0.25) is 5.91 Å². The molecule has 1 aromatic carbocycles. The summed E-state index contributed by atoms with van der Waals surface area (Å²) in [6.07, 6.45) is -0.671. The van der Waals surface area contributed by atoms with E-state index in [1.807, 2.05) is 19.0 Å². The molecule has 0 aliphatic carbocycles. The van der Waals surface area contributed by atoms with Crippen LogP contribution in [-0.2, 0) is 9.59 Å². The lowest BCUT2D eigenvalue weighted by atomic mass is 10.1.